The van der Waals surface area contributed by atoms with E-state index in [1.807, 2.05) is 0 Å². The number of amides is 2. The smallest absolute Gasteiger partial charge is 0.410 e. The SMILES string of the molecule is C=CCN(CCCN(CCCN=[N+]=[N-])C(=O)OC(C)(C)C(Cl)(Cl)Cl)CCCN(CCCCNC(=O)OC(C)(C)C)S(=O)(=O)CC[Si](C)(C)C. The average Bonchev–Trinajstić information content (AvgIpc) is 2.94. The number of halogens is 3. The minimum atomic E-state index is -3.47. The van der Waals surface area contributed by atoms with E-state index in [2.05, 4.69) is 46.5 Å². The summed E-state index contributed by atoms with van der Waals surface area (Å²) in [6.07, 6.45) is 3.48. The largest absolute Gasteiger partial charge is 0.444 e. The Labute approximate surface area is 311 Å². The summed E-state index contributed by atoms with van der Waals surface area (Å²) in [5, 5.41) is 6.27. The van der Waals surface area contributed by atoms with Gasteiger partial charge >= 0.3 is 12.2 Å². The van der Waals surface area contributed by atoms with Gasteiger partial charge in [-0.25, -0.2) is 22.3 Å². The fourth-order valence-corrected chi connectivity index (χ4v) is 8.99. The van der Waals surface area contributed by atoms with E-state index in [0.717, 1.165) is 0 Å². The van der Waals surface area contributed by atoms with Crippen LogP contribution in [0.1, 0.15) is 66.7 Å². The molecule has 18 heteroatoms. The van der Waals surface area contributed by atoms with Gasteiger partial charge in [-0.1, -0.05) is 65.6 Å². The van der Waals surface area contributed by atoms with Crippen molar-refractivity contribution in [3.8, 4) is 0 Å². The fourth-order valence-electron chi connectivity index (χ4n) is 4.32. The molecule has 13 nitrogen and oxygen atoms in total. The second-order valence-corrected chi connectivity index (χ2v) is 24.6. The Morgan fingerprint density at radius 2 is 1.49 bits per heavy atom. The number of nitrogens with zero attached hydrogens (tertiary/aromatic N) is 6. The third-order valence-electron chi connectivity index (χ3n) is 7.21. The number of hydrogen-bond donors (Lipinski definition) is 1. The maximum absolute atomic E-state index is 13.4. The van der Waals surface area contributed by atoms with Crippen LogP contribution in [0.4, 0.5) is 9.59 Å². The van der Waals surface area contributed by atoms with Gasteiger partial charge in [0.25, 0.3) is 0 Å². The predicted octanol–water partition coefficient (Wildman–Crippen LogP) is 7.82. The molecule has 1 N–H and O–H groups in total. The van der Waals surface area contributed by atoms with Crippen LogP contribution in [0.15, 0.2) is 17.8 Å². The molecule has 286 valence electrons. The Kier molecular flexibility index (Phi) is 21.8. The first-order chi connectivity index (χ1) is 22.4. The van der Waals surface area contributed by atoms with Crippen LogP contribution in [0.25, 0.3) is 10.4 Å². The molecular formula is C31H60Cl3N7O6SSi. The van der Waals surface area contributed by atoms with Crippen molar-refractivity contribution in [2.45, 2.75) is 107 Å². The summed E-state index contributed by atoms with van der Waals surface area (Å²) in [5.41, 5.74) is 6.63. The monoisotopic (exact) mass is 791 g/mol. The van der Waals surface area contributed by atoms with E-state index in [0.29, 0.717) is 84.0 Å². The van der Waals surface area contributed by atoms with Gasteiger partial charge in [-0.05, 0) is 84.8 Å². The molecule has 0 aromatic rings. The number of azide groups is 1. The highest BCUT2D eigenvalue weighted by atomic mass is 35.6. The Morgan fingerprint density at radius 3 is 2.02 bits per heavy atom. The van der Waals surface area contributed by atoms with Crippen molar-refractivity contribution in [3.63, 3.8) is 0 Å². The zero-order valence-corrected chi connectivity index (χ0v) is 34.9. The summed E-state index contributed by atoms with van der Waals surface area (Å²) < 4.78 is 37.4. The lowest BCUT2D eigenvalue weighted by molar-refractivity contribution is 0.0152. The lowest BCUT2D eigenvalue weighted by Crippen LogP contribution is -2.46. The molecule has 0 unspecified atom stereocenters. The fraction of sp³-hybridized carbons (Fsp3) is 0.871. The van der Waals surface area contributed by atoms with Crippen molar-refractivity contribution in [1.82, 2.24) is 19.4 Å². The van der Waals surface area contributed by atoms with Crippen molar-refractivity contribution < 1.29 is 27.5 Å². The molecule has 0 aromatic carbocycles. The third-order valence-corrected chi connectivity index (χ3v) is 12.6. The lowest BCUT2D eigenvalue weighted by atomic mass is 10.2. The molecule has 0 spiro atoms. The average molecular weight is 793 g/mol. The molecule has 0 aliphatic rings. The first kappa shape index (κ1) is 47.5. The molecule has 2 amide bonds. The van der Waals surface area contributed by atoms with E-state index in [-0.39, 0.29) is 18.8 Å². The molecule has 0 rings (SSSR count). The topological polar surface area (TPSA) is 157 Å². The Hall–Kier alpha value is -1.45. The van der Waals surface area contributed by atoms with Crippen molar-refractivity contribution >= 4 is 65.1 Å². The van der Waals surface area contributed by atoms with Gasteiger partial charge in [0.15, 0.2) is 5.60 Å². The van der Waals surface area contributed by atoms with Crippen molar-refractivity contribution in [1.29, 1.82) is 0 Å². The highest BCUT2D eigenvalue weighted by Gasteiger charge is 2.44. The molecule has 0 saturated carbocycles. The number of hydrogen-bond acceptors (Lipinski definition) is 8. The zero-order chi connectivity index (χ0) is 37.9. The van der Waals surface area contributed by atoms with Crippen LogP contribution < -0.4 is 5.32 Å². The molecule has 0 aliphatic heterocycles. The Balaban J connectivity index is 5.37. The van der Waals surface area contributed by atoms with Gasteiger partial charge < -0.3 is 19.7 Å². The summed E-state index contributed by atoms with van der Waals surface area (Å²) in [4.78, 5) is 31.4. The number of ether oxygens (including phenoxy) is 2. The normalized spacial score (nSPS) is 12.8. The minimum Gasteiger partial charge on any atom is -0.444 e. The van der Waals surface area contributed by atoms with Crippen LogP contribution >= 0.6 is 34.8 Å². The second kappa shape index (κ2) is 22.5. The molecule has 0 radical (unpaired) electrons. The molecule has 0 saturated heterocycles. The van der Waals surface area contributed by atoms with Crippen molar-refractivity contribution in [2.24, 2.45) is 5.11 Å². The van der Waals surface area contributed by atoms with Gasteiger partial charge in [-0.15, -0.1) is 6.58 Å². The highest BCUT2D eigenvalue weighted by molar-refractivity contribution is 7.89. The van der Waals surface area contributed by atoms with E-state index in [4.69, 9.17) is 49.8 Å². The predicted molar refractivity (Wildman–Crippen MR) is 204 cm³/mol. The molecule has 0 aromatic heterocycles. The summed E-state index contributed by atoms with van der Waals surface area (Å²) in [5.74, 6) is 0.121. The summed E-state index contributed by atoms with van der Waals surface area (Å²) in [7, 11) is -5.05. The summed E-state index contributed by atoms with van der Waals surface area (Å²) in [6.45, 7) is 22.5. The number of carbonyl (C=O) groups is 2. The van der Waals surface area contributed by atoms with Gasteiger partial charge in [-0.3, -0.25) is 4.90 Å². The van der Waals surface area contributed by atoms with Gasteiger partial charge in [0, 0.05) is 65.3 Å². The standard InChI is InChI=1S/C31H60Cl3N7O6SSi/c1-10-18-39(19-14-22-40(21-13-17-37-38-35)28(43)47-30(5,6)31(32,33)34)20-15-24-41(48(44,45)25-26-49(7,8)9)23-12-11-16-36-27(42)46-29(2,3)4/h10H,1,11-26H2,2-9H3,(H,36,42). The number of rotatable bonds is 24. The van der Waals surface area contributed by atoms with Gasteiger partial charge in [0.1, 0.15) is 5.60 Å². The number of nitrogens with one attached hydrogen (secondary N) is 1. The second-order valence-electron chi connectivity index (χ2n) is 14.6. The van der Waals surface area contributed by atoms with Crippen molar-refractivity contribution in [3.05, 3.63) is 23.1 Å². The molecular weight excluding hydrogens is 733 g/mol. The van der Waals surface area contributed by atoms with E-state index in [1.54, 1.807) is 31.2 Å². The van der Waals surface area contributed by atoms with Crippen LogP contribution in [0.5, 0.6) is 0 Å². The van der Waals surface area contributed by atoms with Gasteiger partial charge in [0.2, 0.25) is 13.8 Å². The summed E-state index contributed by atoms with van der Waals surface area (Å²) >= 11 is 18.0. The maximum atomic E-state index is 13.4. The minimum absolute atomic E-state index is 0.121. The Morgan fingerprint density at radius 1 is 0.918 bits per heavy atom. The molecule has 0 atom stereocenters. The van der Waals surface area contributed by atoms with E-state index >= 15 is 0 Å². The maximum Gasteiger partial charge on any atom is 0.410 e. The first-order valence-corrected chi connectivity index (χ1v) is 23.2. The number of unbranched alkanes of at least 4 members (excludes halogenated alkanes) is 1. The summed E-state index contributed by atoms with van der Waals surface area (Å²) in [6, 6.07) is 0.676. The molecule has 0 fully saturated rings. The lowest BCUT2D eigenvalue weighted by Gasteiger charge is -2.34. The van der Waals surface area contributed by atoms with Gasteiger partial charge in [-0.2, -0.15) is 0 Å². The third kappa shape index (κ3) is 22.9. The van der Waals surface area contributed by atoms with Crippen LogP contribution in [0.2, 0.25) is 25.7 Å². The number of alkyl carbamates (subject to hydrolysis) is 1. The van der Waals surface area contributed by atoms with Crippen LogP contribution in [0.3, 0.4) is 0 Å². The molecule has 49 heavy (non-hydrogen) atoms. The van der Waals surface area contributed by atoms with Crippen LogP contribution in [-0.2, 0) is 19.5 Å². The van der Waals surface area contributed by atoms with Gasteiger partial charge in [0.05, 0.1) is 5.75 Å². The molecule has 0 aliphatic carbocycles. The molecule has 0 heterocycles. The van der Waals surface area contributed by atoms with E-state index < -0.39 is 45.3 Å². The number of sulfonamides is 1. The van der Waals surface area contributed by atoms with E-state index in [9.17, 15) is 18.0 Å². The Bertz CT molecular complexity index is 1170. The van der Waals surface area contributed by atoms with E-state index in [1.165, 1.54) is 18.7 Å². The van der Waals surface area contributed by atoms with Crippen molar-refractivity contribution in [2.75, 3.05) is 64.7 Å². The number of carbonyl (C=O) groups excluding carboxylic acids is 2. The van der Waals surface area contributed by atoms with Crippen LogP contribution in [-0.4, -0.2) is 122 Å². The number of alkyl halides is 3. The highest BCUT2D eigenvalue weighted by Crippen LogP contribution is 2.40. The first-order valence-electron chi connectivity index (χ1n) is 16.8. The molecule has 0 bridgehead atoms. The zero-order valence-electron chi connectivity index (χ0n) is 30.8. The quantitative estimate of drug-likeness (QED) is 0.0199. The van der Waals surface area contributed by atoms with Crippen LogP contribution in [0, 0.1) is 0 Å².